The summed E-state index contributed by atoms with van der Waals surface area (Å²) in [6.07, 6.45) is 0.620. The van der Waals surface area contributed by atoms with Crippen LogP contribution in [-0.4, -0.2) is 23.9 Å². The highest BCUT2D eigenvalue weighted by Gasteiger charge is 2.25. The normalized spacial score (nSPS) is 13.4. The van der Waals surface area contributed by atoms with E-state index in [4.69, 9.17) is 16.0 Å². The van der Waals surface area contributed by atoms with Gasteiger partial charge in [-0.2, -0.15) is 0 Å². The lowest BCUT2D eigenvalue weighted by molar-refractivity contribution is -0.146. The summed E-state index contributed by atoms with van der Waals surface area (Å²) in [4.78, 5) is 15.9. The number of hydrogen-bond acceptors (Lipinski definition) is 5. The molecule has 5 nitrogen and oxygen atoms in total. The van der Waals surface area contributed by atoms with Crippen LogP contribution in [0.2, 0.25) is 0 Å². The average molecular weight is 216 g/mol. The highest BCUT2D eigenvalue weighted by Crippen LogP contribution is 2.11. The molecule has 0 fully saturated rings. The van der Waals surface area contributed by atoms with Crippen molar-refractivity contribution < 1.29 is 14.4 Å². The van der Waals surface area contributed by atoms with Gasteiger partial charge in [0, 0.05) is 5.92 Å². The molecule has 0 aliphatic rings. The summed E-state index contributed by atoms with van der Waals surface area (Å²) in [6, 6.07) is 0. The molecule has 0 aliphatic carbocycles. The summed E-state index contributed by atoms with van der Waals surface area (Å²) >= 11 is 0. The van der Waals surface area contributed by atoms with E-state index < -0.39 is 11.6 Å². The molecular formula is C10H20N2O3. The molecule has 0 heterocycles. The van der Waals surface area contributed by atoms with Crippen LogP contribution in [0.15, 0.2) is 0 Å². The van der Waals surface area contributed by atoms with Gasteiger partial charge in [0.1, 0.15) is 11.3 Å². The predicted molar refractivity (Wildman–Crippen MR) is 57.5 cm³/mol. The lowest BCUT2D eigenvalue weighted by Crippen LogP contribution is -2.34. The van der Waals surface area contributed by atoms with Gasteiger partial charge in [0.15, 0.2) is 0 Å². The number of rotatable bonds is 5. The van der Waals surface area contributed by atoms with Gasteiger partial charge in [0.25, 0.3) is 0 Å². The van der Waals surface area contributed by atoms with E-state index in [9.17, 15) is 4.79 Å². The van der Waals surface area contributed by atoms with Gasteiger partial charge >= 0.3 is 5.97 Å². The van der Waals surface area contributed by atoms with Gasteiger partial charge in [-0.05, 0) is 27.2 Å². The van der Waals surface area contributed by atoms with Gasteiger partial charge in [0.2, 0.25) is 0 Å². The molecule has 0 aliphatic heterocycles. The zero-order valence-electron chi connectivity index (χ0n) is 9.79. The van der Waals surface area contributed by atoms with Crippen LogP contribution in [0.5, 0.6) is 0 Å². The van der Waals surface area contributed by atoms with E-state index in [1.807, 2.05) is 6.92 Å². The van der Waals surface area contributed by atoms with E-state index in [1.54, 1.807) is 20.8 Å². The Kier molecular flexibility index (Phi) is 5.46. The Morgan fingerprint density at radius 1 is 1.47 bits per heavy atom. The largest absolute Gasteiger partial charge is 0.455 e. The standard InChI is InChI=1S/C10H20N2O3/c1-5-7(6-14-12)8(11)9(13)15-10(2,3)4/h7,11H,5-6,12H2,1-4H3/t7-/m0/s1. The van der Waals surface area contributed by atoms with E-state index in [-0.39, 0.29) is 18.2 Å². The molecule has 0 unspecified atom stereocenters. The van der Waals surface area contributed by atoms with Crippen molar-refractivity contribution >= 4 is 11.7 Å². The molecule has 0 radical (unpaired) electrons. The second kappa shape index (κ2) is 5.82. The third-order valence-corrected chi connectivity index (χ3v) is 1.82. The lowest BCUT2D eigenvalue weighted by Gasteiger charge is -2.21. The number of ether oxygens (including phenoxy) is 1. The Morgan fingerprint density at radius 2 is 2.00 bits per heavy atom. The highest BCUT2D eigenvalue weighted by atomic mass is 16.6. The smallest absolute Gasteiger partial charge is 0.352 e. The van der Waals surface area contributed by atoms with Crippen LogP contribution in [0.25, 0.3) is 0 Å². The molecule has 0 saturated carbocycles. The number of carbonyl (C=O) groups excluding carboxylic acids is 1. The van der Waals surface area contributed by atoms with Crippen molar-refractivity contribution in [1.82, 2.24) is 0 Å². The van der Waals surface area contributed by atoms with Crippen molar-refractivity contribution in [3.05, 3.63) is 0 Å². The van der Waals surface area contributed by atoms with Crippen molar-refractivity contribution in [2.75, 3.05) is 6.61 Å². The molecule has 88 valence electrons. The van der Waals surface area contributed by atoms with Crippen LogP contribution in [0, 0.1) is 11.3 Å². The molecule has 0 bridgehead atoms. The number of nitrogens with two attached hydrogens (primary N) is 1. The second-order valence-corrected chi connectivity index (χ2v) is 4.35. The van der Waals surface area contributed by atoms with Gasteiger partial charge in [0.05, 0.1) is 6.61 Å². The summed E-state index contributed by atoms with van der Waals surface area (Å²) in [6.45, 7) is 7.31. The maximum absolute atomic E-state index is 11.5. The van der Waals surface area contributed by atoms with Crippen LogP contribution < -0.4 is 5.90 Å². The highest BCUT2D eigenvalue weighted by molar-refractivity contribution is 6.36. The zero-order chi connectivity index (χ0) is 12.1. The maximum atomic E-state index is 11.5. The number of esters is 1. The first-order valence-corrected chi connectivity index (χ1v) is 4.95. The molecule has 0 aromatic heterocycles. The van der Waals surface area contributed by atoms with Crippen LogP contribution >= 0.6 is 0 Å². The van der Waals surface area contributed by atoms with Crippen LogP contribution in [-0.2, 0) is 14.4 Å². The van der Waals surface area contributed by atoms with Crippen molar-refractivity contribution in [2.45, 2.75) is 39.7 Å². The average Bonchev–Trinajstić information content (AvgIpc) is 2.10. The number of nitrogens with one attached hydrogen (secondary N) is 1. The monoisotopic (exact) mass is 216 g/mol. The Labute approximate surface area is 90.4 Å². The van der Waals surface area contributed by atoms with Crippen molar-refractivity contribution in [2.24, 2.45) is 11.8 Å². The molecule has 0 amide bonds. The third kappa shape index (κ3) is 5.49. The molecule has 5 heteroatoms. The third-order valence-electron chi connectivity index (χ3n) is 1.82. The fraction of sp³-hybridized carbons (Fsp3) is 0.800. The molecule has 0 saturated heterocycles. The molecule has 3 N–H and O–H groups in total. The lowest BCUT2D eigenvalue weighted by atomic mass is 10.0. The van der Waals surface area contributed by atoms with E-state index in [0.29, 0.717) is 6.42 Å². The van der Waals surface area contributed by atoms with Crippen LogP contribution in [0.4, 0.5) is 0 Å². The number of carbonyl (C=O) groups is 1. The molecule has 0 aromatic carbocycles. The zero-order valence-corrected chi connectivity index (χ0v) is 9.79. The fourth-order valence-electron chi connectivity index (χ4n) is 1.02. The first-order valence-electron chi connectivity index (χ1n) is 4.95. The quantitative estimate of drug-likeness (QED) is 0.411. The van der Waals surface area contributed by atoms with E-state index >= 15 is 0 Å². The summed E-state index contributed by atoms with van der Waals surface area (Å²) in [5.74, 6) is 4.02. The van der Waals surface area contributed by atoms with Crippen molar-refractivity contribution in [3.63, 3.8) is 0 Å². The van der Waals surface area contributed by atoms with Gasteiger partial charge < -0.3 is 9.57 Å². The van der Waals surface area contributed by atoms with E-state index in [2.05, 4.69) is 4.84 Å². The fourth-order valence-corrected chi connectivity index (χ4v) is 1.02. The second-order valence-electron chi connectivity index (χ2n) is 4.35. The number of hydrogen-bond donors (Lipinski definition) is 2. The molecule has 0 rings (SSSR count). The van der Waals surface area contributed by atoms with Gasteiger partial charge in [-0.25, -0.2) is 10.7 Å². The van der Waals surface area contributed by atoms with Gasteiger partial charge in [-0.1, -0.05) is 6.92 Å². The van der Waals surface area contributed by atoms with E-state index in [0.717, 1.165) is 0 Å². The minimum atomic E-state index is -0.605. The maximum Gasteiger partial charge on any atom is 0.352 e. The Hall–Kier alpha value is -0.940. The summed E-state index contributed by atoms with van der Waals surface area (Å²) in [7, 11) is 0. The molecule has 15 heavy (non-hydrogen) atoms. The van der Waals surface area contributed by atoms with Gasteiger partial charge in [-0.15, -0.1) is 0 Å². The summed E-state index contributed by atoms with van der Waals surface area (Å²) in [5.41, 5.74) is -0.663. The predicted octanol–water partition coefficient (Wildman–Crippen LogP) is 1.26. The first kappa shape index (κ1) is 14.1. The van der Waals surface area contributed by atoms with Crippen molar-refractivity contribution in [1.29, 1.82) is 5.41 Å². The molecular weight excluding hydrogens is 196 g/mol. The summed E-state index contributed by atoms with van der Waals surface area (Å²) < 4.78 is 5.07. The molecule has 0 spiro atoms. The Morgan fingerprint density at radius 3 is 2.33 bits per heavy atom. The molecule has 1 atom stereocenters. The van der Waals surface area contributed by atoms with Crippen LogP contribution in [0.1, 0.15) is 34.1 Å². The molecule has 0 aromatic rings. The van der Waals surface area contributed by atoms with Crippen molar-refractivity contribution in [3.8, 4) is 0 Å². The Bertz CT molecular complexity index is 233. The summed E-state index contributed by atoms with van der Waals surface area (Å²) in [5, 5.41) is 7.63. The topological polar surface area (TPSA) is 85.4 Å². The first-order chi connectivity index (χ1) is 6.81. The van der Waals surface area contributed by atoms with Crippen LogP contribution in [0.3, 0.4) is 0 Å². The minimum Gasteiger partial charge on any atom is -0.455 e. The minimum absolute atomic E-state index is 0.0853. The van der Waals surface area contributed by atoms with E-state index in [1.165, 1.54) is 0 Å². The SMILES string of the molecule is CC[C@@H](CON)C(=N)C(=O)OC(C)(C)C. The van der Waals surface area contributed by atoms with Gasteiger partial charge in [-0.3, -0.25) is 5.41 Å². The Balaban J connectivity index is 4.36.